The molecule has 0 aliphatic rings. The minimum Gasteiger partial charge on any atom is -0.467 e. The molecule has 0 radical (unpaired) electrons. The first kappa shape index (κ1) is 16.8. The van der Waals surface area contributed by atoms with Gasteiger partial charge in [-0.15, -0.1) is 0 Å². The summed E-state index contributed by atoms with van der Waals surface area (Å²) >= 11 is 0. The zero-order chi connectivity index (χ0) is 17.8. The Balaban J connectivity index is 1.88. The molecule has 1 unspecified atom stereocenters. The number of carbonyl (C=O) groups is 2. The molecule has 0 aromatic carbocycles. The summed E-state index contributed by atoms with van der Waals surface area (Å²) in [6.45, 7) is 4.17. The van der Waals surface area contributed by atoms with Gasteiger partial charge in [-0.05, 0) is 37.6 Å². The summed E-state index contributed by atoms with van der Waals surface area (Å²) in [5.74, 6) is 0.175. The largest absolute Gasteiger partial charge is 0.467 e. The maximum Gasteiger partial charge on any atom is 0.287 e. The van der Waals surface area contributed by atoms with Gasteiger partial charge in [0.2, 0.25) is 5.82 Å². The highest BCUT2D eigenvalue weighted by Crippen LogP contribution is 2.14. The Kier molecular flexibility index (Phi) is 4.83. The predicted molar refractivity (Wildman–Crippen MR) is 92.3 cm³/mol. The number of aromatic nitrogens is 2. The van der Waals surface area contributed by atoms with Gasteiger partial charge in [-0.1, -0.05) is 13.0 Å². The van der Waals surface area contributed by atoms with Crippen LogP contribution in [0.25, 0.3) is 5.52 Å². The number of hydrogen-bond donors (Lipinski definition) is 2. The Bertz CT molecular complexity index is 883. The van der Waals surface area contributed by atoms with Crippen molar-refractivity contribution in [3.05, 3.63) is 60.1 Å². The minimum absolute atomic E-state index is 0.0276. The van der Waals surface area contributed by atoms with Crippen molar-refractivity contribution in [3.63, 3.8) is 0 Å². The number of amides is 2. The smallest absolute Gasteiger partial charge is 0.287 e. The minimum atomic E-state index is -0.359. The molecule has 3 aromatic rings. The fraction of sp³-hybridized carbons (Fsp3) is 0.278. The maximum atomic E-state index is 12.5. The van der Waals surface area contributed by atoms with Crippen LogP contribution in [0.5, 0.6) is 0 Å². The molecule has 2 N–H and O–H groups in total. The van der Waals surface area contributed by atoms with Crippen molar-refractivity contribution in [2.75, 3.05) is 0 Å². The third kappa shape index (κ3) is 3.55. The monoisotopic (exact) mass is 340 g/mol. The standard InChI is InChI=1S/C18H20N4O3/c1-3-12(2)20-18(24)16-21-15(14-8-4-5-9-22(14)16)17(23)19-11-13-7-6-10-25-13/h4-10,12H,3,11H2,1-2H3,(H,19,23)(H,20,24). The quantitative estimate of drug-likeness (QED) is 0.721. The van der Waals surface area contributed by atoms with Crippen molar-refractivity contribution in [2.24, 2.45) is 0 Å². The lowest BCUT2D eigenvalue weighted by molar-refractivity contribution is 0.0928. The van der Waals surface area contributed by atoms with E-state index in [0.717, 1.165) is 6.42 Å². The third-order valence-corrected chi connectivity index (χ3v) is 3.96. The van der Waals surface area contributed by atoms with Crippen LogP contribution in [-0.4, -0.2) is 27.2 Å². The van der Waals surface area contributed by atoms with Crippen LogP contribution in [0.2, 0.25) is 0 Å². The molecule has 2 amide bonds. The van der Waals surface area contributed by atoms with Gasteiger partial charge in [-0.25, -0.2) is 4.98 Å². The van der Waals surface area contributed by atoms with Crippen LogP contribution in [-0.2, 0) is 6.54 Å². The first-order chi connectivity index (χ1) is 12.1. The fourth-order valence-corrected chi connectivity index (χ4v) is 2.42. The van der Waals surface area contributed by atoms with Crippen molar-refractivity contribution in [1.29, 1.82) is 0 Å². The molecule has 0 saturated heterocycles. The number of rotatable bonds is 6. The Morgan fingerprint density at radius 2 is 2.08 bits per heavy atom. The molecule has 0 aliphatic carbocycles. The summed E-state index contributed by atoms with van der Waals surface area (Å²) in [6, 6.07) is 8.91. The van der Waals surface area contributed by atoms with Gasteiger partial charge >= 0.3 is 0 Å². The van der Waals surface area contributed by atoms with Crippen LogP contribution in [0.3, 0.4) is 0 Å². The lowest BCUT2D eigenvalue weighted by Crippen LogP contribution is -2.33. The van der Waals surface area contributed by atoms with Crippen LogP contribution < -0.4 is 10.6 Å². The molecule has 3 rings (SSSR count). The predicted octanol–water partition coefficient (Wildman–Crippen LogP) is 2.39. The summed E-state index contributed by atoms with van der Waals surface area (Å²) in [5, 5.41) is 5.63. The van der Waals surface area contributed by atoms with Crippen LogP contribution >= 0.6 is 0 Å². The van der Waals surface area contributed by atoms with Gasteiger partial charge < -0.3 is 15.1 Å². The van der Waals surface area contributed by atoms with Gasteiger partial charge in [-0.3, -0.25) is 14.0 Å². The van der Waals surface area contributed by atoms with E-state index >= 15 is 0 Å². The van der Waals surface area contributed by atoms with Crippen molar-refractivity contribution in [2.45, 2.75) is 32.9 Å². The number of furan rings is 1. The zero-order valence-electron chi connectivity index (χ0n) is 14.2. The van der Waals surface area contributed by atoms with Gasteiger partial charge in [0, 0.05) is 12.2 Å². The van der Waals surface area contributed by atoms with Crippen LogP contribution in [0, 0.1) is 0 Å². The molecule has 7 heteroatoms. The average molecular weight is 340 g/mol. The number of hydrogen-bond acceptors (Lipinski definition) is 4. The lowest BCUT2D eigenvalue weighted by Gasteiger charge is -2.10. The van der Waals surface area contributed by atoms with E-state index in [1.807, 2.05) is 13.8 Å². The number of fused-ring (bicyclic) bond motifs is 1. The Hall–Kier alpha value is -3.09. The number of nitrogens with one attached hydrogen (secondary N) is 2. The second-order valence-electron chi connectivity index (χ2n) is 5.78. The molecule has 7 nitrogen and oxygen atoms in total. The van der Waals surface area contributed by atoms with E-state index in [1.165, 1.54) is 0 Å². The zero-order valence-corrected chi connectivity index (χ0v) is 14.2. The molecule has 3 heterocycles. The number of nitrogens with zero attached hydrogens (tertiary/aromatic N) is 2. The Morgan fingerprint density at radius 3 is 2.80 bits per heavy atom. The van der Waals surface area contributed by atoms with Gasteiger partial charge in [0.15, 0.2) is 5.69 Å². The van der Waals surface area contributed by atoms with E-state index < -0.39 is 0 Å². The topological polar surface area (TPSA) is 88.6 Å². The van der Waals surface area contributed by atoms with Crippen molar-refractivity contribution < 1.29 is 14.0 Å². The highest BCUT2D eigenvalue weighted by atomic mass is 16.3. The first-order valence-corrected chi connectivity index (χ1v) is 8.18. The first-order valence-electron chi connectivity index (χ1n) is 8.18. The van der Waals surface area contributed by atoms with Gasteiger partial charge in [0.25, 0.3) is 11.8 Å². The summed E-state index contributed by atoms with van der Waals surface area (Å²) < 4.78 is 6.83. The molecule has 0 aliphatic heterocycles. The van der Waals surface area contributed by atoms with E-state index in [-0.39, 0.29) is 35.9 Å². The molecular weight excluding hydrogens is 320 g/mol. The van der Waals surface area contributed by atoms with E-state index in [1.54, 1.807) is 47.2 Å². The van der Waals surface area contributed by atoms with Gasteiger partial charge in [0.1, 0.15) is 5.76 Å². The van der Waals surface area contributed by atoms with Gasteiger partial charge in [0.05, 0.1) is 18.3 Å². The summed E-state index contributed by atoms with van der Waals surface area (Å²) in [4.78, 5) is 29.3. The van der Waals surface area contributed by atoms with E-state index in [2.05, 4.69) is 15.6 Å². The molecule has 1 atom stereocenters. The number of carbonyl (C=O) groups excluding carboxylic acids is 2. The second kappa shape index (κ2) is 7.21. The molecule has 0 saturated carbocycles. The number of pyridine rings is 1. The molecule has 3 aromatic heterocycles. The summed E-state index contributed by atoms with van der Waals surface area (Å²) in [5.41, 5.74) is 0.787. The molecule has 130 valence electrons. The van der Waals surface area contributed by atoms with Crippen LogP contribution in [0.15, 0.2) is 47.2 Å². The van der Waals surface area contributed by atoms with Crippen LogP contribution in [0.4, 0.5) is 0 Å². The molecular formula is C18H20N4O3. The summed E-state index contributed by atoms with van der Waals surface area (Å²) in [6.07, 6.45) is 4.08. The van der Waals surface area contributed by atoms with Gasteiger partial charge in [-0.2, -0.15) is 0 Å². The SMILES string of the molecule is CCC(C)NC(=O)c1nc(C(=O)NCc2ccco2)c2ccccn12. The average Bonchev–Trinajstić information content (AvgIpc) is 3.27. The normalized spacial score (nSPS) is 12.1. The molecule has 0 bridgehead atoms. The van der Waals surface area contributed by atoms with E-state index in [0.29, 0.717) is 11.3 Å². The Labute approximate surface area is 145 Å². The van der Waals surface area contributed by atoms with Crippen molar-refractivity contribution in [3.8, 4) is 0 Å². The molecule has 25 heavy (non-hydrogen) atoms. The maximum absolute atomic E-state index is 12.5. The highest BCUT2D eigenvalue weighted by Gasteiger charge is 2.22. The Morgan fingerprint density at radius 1 is 1.24 bits per heavy atom. The second-order valence-corrected chi connectivity index (χ2v) is 5.78. The van der Waals surface area contributed by atoms with E-state index in [4.69, 9.17) is 4.42 Å². The third-order valence-electron chi connectivity index (χ3n) is 3.96. The van der Waals surface area contributed by atoms with Crippen molar-refractivity contribution >= 4 is 17.3 Å². The van der Waals surface area contributed by atoms with Crippen LogP contribution in [0.1, 0.15) is 47.1 Å². The van der Waals surface area contributed by atoms with E-state index in [9.17, 15) is 9.59 Å². The molecule has 0 fully saturated rings. The highest BCUT2D eigenvalue weighted by molar-refractivity contribution is 6.02. The fourth-order valence-electron chi connectivity index (χ4n) is 2.42. The lowest BCUT2D eigenvalue weighted by atomic mass is 10.2. The van der Waals surface area contributed by atoms with Crippen molar-refractivity contribution in [1.82, 2.24) is 20.0 Å². The molecule has 0 spiro atoms. The number of imidazole rings is 1. The summed E-state index contributed by atoms with van der Waals surface area (Å²) in [7, 11) is 0.